The van der Waals surface area contributed by atoms with Crippen LogP contribution in [0.1, 0.15) is 5.56 Å². The molecular formula is C14H22N2O2. The summed E-state index contributed by atoms with van der Waals surface area (Å²) in [5.74, 6) is 2.52. The maximum Gasteiger partial charge on any atom is 0.127 e. The first-order chi connectivity index (χ1) is 8.72. The lowest BCUT2D eigenvalue weighted by molar-refractivity contribution is 0.216. The molecule has 18 heavy (non-hydrogen) atoms. The van der Waals surface area contributed by atoms with E-state index in [1.807, 2.05) is 12.1 Å². The molecule has 1 aromatic carbocycles. The molecule has 0 aliphatic carbocycles. The summed E-state index contributed by atoms with van der Waals surface area (Å²) in [7, 11) is 5.53. The maximum atomic E-state index is 5.41. The van der Waals surface area contributed by atoms with Crippen molar-refractivity contribution >= 4 is 0 Å². The summed E-state index contributed by atoms with van der Waals surface area (Å²) in [5, 5.41) is 3.30. The van der Waals surface area contributed by atoms with E-state index in [0.717, 1.165) is 43.6 Å². The molecule has 1 fully saturated rings. The zero-order valence-electron chi connectivity index (χ0n) is 11.4. The third-order valence-corrected chi connectivity index (χ3v) is 3.37. The van der Waals surface area contributed by atoms with Crippen LogP contribution in [0.15, 0.2) is 18.2 Å². The smallest absolute Gasteiger partial charge is 0.127 e. The molecular weight excluding hydrogens is 228 g/mol. The zero-order valence-corrected chi connectivity index (χ0v) is 11.4. The molecule has 1 aliphatic heterocycles. The van der Waals surface area contributed by atoms with Gasteiger partial charge in [-0.1, -0.05) is 6.07 Å². The van der Waals surface area contributed by atoms with Crippen LogP contribution < -0.4 is 14.8 Å². The lowest BCUT2D eigenvalue weighted by Gasteiger charge is -2.31. The summed E-state index contributed by atoms with van der Waals surface area (Å²) in [4.78, 5) is 2.34. The van der Waals surface area contributed by atoms with Gasteiger partial charge in [0.05, 0.1) is 14.2 Å². The fraction of sp³-hybridized carbons (Fsp3) is 0.571. The number of nitrogens with one attached hydrogen (secondary N) is 1. The SMILES string of the molecule is COc1ccc(CN(C)CC2CNC2)c(OC)c1. The number of methoxy groups -OCH3 is 2. The Hall–Kier alpha value is -1.26. The van der Waals surface area contributed by atoms with E-state index in [4.69, 9.17) is 9.47 Å². The van der Waals surface area contributed by atoms with E-state index in [1.54, 1.807) is 14.2 Å². The van der Waals surface area contributed by atoms with Crippen LogP contribution in [0.2, 0.25) is 0 Å². The van der Waals surface area contributed by atoms with Crippen molar-refractivity contribution in [3.8, 4) is 11.5 Å². The number of hydrogen-bond donors (Lipinski definition) is 1. The topological polar surface area (TPSA) is 33.7 Å². The number of hydrogen-bond acceptors (Lipinski definition) is 4. The first-order valence-electron chi connectivity index (χ1n) is 6.33. The van der Waals surface area contributed by atoms with Gasteiger partial charge in [-0.25, -0.2) is 0 Å². The van der Waals surface area contributed by atoms with Gasteiger partial charge >= 0.3 is 0 Å². The fourth-order valence-corrected chi connectivity index (χ4v) is 2.26. The standard InChI is InChI=1S/C14H22N2O2/c1-16(9-11-7-15-8-11)10-12-4-5-13(17-2)6-14(12)18-3/h4-6,11,15H,7-10H2,1-3H3. The highest BCUT2D eigenvalue weighted by atomic mass is 16.5. The highest BCUT2D eigenvalue weighted by Gasteiger charge is 2.19. The summed E-state index contributed by atoms with van der Waals surface area (Å²) < 4.78 is 10.6. The molecule has 0 saturated carbocycles. The van der Waals surface area contributed by atoms with Crippen molar-refractivity contribution in [3.05, 3.63) is 23.8 Å². The summed E-state index contributed by atoms with van der Waals surface area (Å²) in [5.41, 5.74) is 1.20. The van der Waals surface area contributed by atoms with Gasteiger partial charge in [0.15, 0.2) is 0 Å². The average Bonchev–Trinajstić information content (AvgIpc) is 2.34. The van der Waals surface area contributed by atoms with Gasteiger partial charge in [0.2, 0.25) is 0 Å². The van der Waals surface area contributed by atoms with Crippen LogP contribution in [0.25, 0.3) is 0 Å². The van der Waals surface area contributed by atoms with Gasteiger partial charge in [-0.3, -0.25) is 0 Å². The fourth-order valence-electron chi connectivity index (χ4n) is 2.26. The molecule has 4 heteroatoms. The molecule has 0 amide bonds. The molecule has 0 aromatic heterocycles. The third kappa shape index (κ3) is 3.15. The summed E-state index contributed by atoms with van der Waals surface area (Å²) in [6, 6.07) is 6.00. The third-order valence-electron chi connectivity index (χ3n) is 3.37. The van der Waals surface area contributed by atoms with Gasteiger partial charge in [-0.05, 0) is 19.0 Å². The van der Waals surface area contributed by atoms with Crippen molar-refractivity contribution < 1.29 is 9.47 Å². The molecule has 100 valence electrons. The van der Waals surface area contributed by atoms with Crippen molar-refractivity contribution in [3.63, 3.8) is 0 Å². The largest absolute Gasteiger partial charge is 0.497 e. The molecule has 0 spiro atoms. The van der Waals surface area contributed by atoms with Crippen LogP contribution in [0.5, 0.6) is 11.5 Å². The average molecular weight is 250 g/mol. The molecule has 2 rings (SSSR count). The molecule has 1 N–H and O–H groups in total. The lowest BCUT2D eigenvalue weighted by Crippen LogP contribution is -2.47. The quantitative estimate of drug-likeness (QED) is 0.826. The molecule has 1 heterocycles. The van der Waals surface area contributed by atoms with Crippen LogP contribution >= 0.6 is 0 Å². The number of rotatable bonds is 6. The Morgan fingerprint density at radius 1 is 1.28 bits per heavy atom. The van der Waals surface area contributed by atoms with Crippen molar-refractivity contribution in [1.29, 1.82) is 0 Å². The second-order valence-corrected chi connectivity index (χ2v) is 4.90. The van der Waals surface area contributed by atoms with Gasteiger partial charge in [0.1, 0.15) is 11.5 Å². The summed E-state index contributed by atoms with van der Waals surface area (Å²) in [6.07, 6.45) is 0. The van der Waals surface area contributed by atoms with Crippen LogP contribution in [0.4, 0.5) is 0 Å². The van der Waals surface area contributed by atoms with Crippen LogP contribution in [0.3, 0.4) is 0 Å². The van der Waals surface area contributed by atoms with Gasteiger partial charge in [-0.15, -0.1) is 0 Å². The second-order valence-electron chi connectivity index (χ2n) is 4.90. The molecule has 0 atom stereocenters. The van der Waals surface area contributed by atoms with Gasteiger partial charge < -0.3 is 19.7 Å². The minimum atomic E-state index is 0.791. The monoisotopic (exact) mass is 250 g/mol. The van der Waals surface area contributed by atoms with Gasteiger partial charge in [0, 0.05) is 37.8 Å². The van der Waals surface area contributed by atoms with E-state index < -0.39 is 0 Å². The highest BCUT2D eigenvalue weighted by Crippen LogP contribution is 2.25. The van der Waals surface area contributed by atoms with E-state index >= 15 is 0 Å². The van der Waals surface area contributed by atoms with Crippen molar-refractivity contribution in [1.82, 2.24) is 10.2 Å². The Balaban J connectivity index is 1.98. The van der Waals surface area contributed by atoms with E-state index in [0.29, 0.717) is 0 Å². The first kappa shape index (κ1) is 13.2. The Morgan fingerprint density at radius 3 is 2.61 bits per heavy atom. The summed E-state index contributed by atoms with van der Waals surface area (Å²) in [6.45, 7) is 4.32. The van der Waals surface area contributed by atoms with E-state index in [9.17, 15) is 0 Å². The Bertz CT molecular complexity index is 391. The van der Waals surface area contributed by atoms with E-state index in [2.05, 4.69) is 23.3 Å². The minimum absolute atomic E-state index is 0.791. The molecule has 1 aromatic rings. The molecule has 1 aliphatic rings. The van der Waals surface area contributed by atoms with Crippen LogP contribution in [-0.2, 0) is 6.54 Å². The number of benzene rings is 1. The van der Waals surface area contributed by atoms with Crippen LogP contribution in [0, 0.1) is 5.92 Å². The van der Waals surface area contributed by atoms with E-state index in [-0.39, 0.29) is 0 Å². The summed E-state index contributed by atoms with van der Waals surface area (Å²) >= 11 is 0. The van der Waals surface area contributed by atoms with Crippen molar-refractivity contribution in [2.24, 2.45) is 5.92 Å². The van der Waals surface area contributed by atoms with E-state index in [1.165, 1.54) is 5.56 Å². The Labute approximate surface area is 109 Å². The zero-order chi connectivity index (χ0) is 13.0. The minimum Gasteiger partial charge on any atom is -0.497 e. The first-order valence-corrected chi connectivity index (χ1v) is 6.33. The highest BCUT2D eigenvalue weighted by molar-refractivity contribution is 5.40. The molecule has 0 radical (unpaired) electrons. The Morgan fingerprint density at radius 2 is 2.06 bits per heavy atom. The van der Waals surface area contributed by atoms with Gasteiger partial charge in [0.25, 0.3) is 0 Å². The lowest BCUT2D eigenvalue weighted by atomic mass is 10.0. The van der Waals surface area contributed by atoms with Crippen LogP contribution in [-0.4, -0.2) is 45.8 Å². The molecule has 1 saturated heterocycles. The van der Waals surface area contributed by atoms with Crippen molar-refractivity contribution in [2.45, 2.75) is 6.54 Å². The maximum absolute atomic E-state index is 5.41. The predicted octanol–water partition coefficient (Wildman–Crippen LogP) is 1.35. The predicted molar refractivity (Wildman–Crippen MR) is 72.2 cm³/mol. The number of ether oxygens (including phenoxy) is 2. The molecule has 0 bridgehead atoms. The normalized spacial score (nSPS) is 15.6. The molecule has 4 nitrogen and oxygen atoms in total. The van der Waals surface area contributed by atoms with Crippen molar-refractivity contribution in [2.75, 3.05) is 40.9 Å². The second kappa shape index (κ2) is 6.07. The number of nitrogens with zero attached hydrogens (tertiary/aromatic N) is 1. The molecule has 0 unspecified atom stereocenters. The Kier molecular flexibility index (Phi) is 4.44. The van der Waals surface area contributed by atoms with Gasteiger partial charge in [-0.2, -0.15) is 0 Å².